The first kappa shape index (κ1) is 15.7. The number of H-pyrrole nitrogens is 1. The van der Waals surface area contributed by atoms with Gasteiger partial charge in [0.15, 0.2) is 5.43 Å². The van der Waals surface area contributed by atoms with Crippen molar-refractivity contribution in [3.63, 3.8) is 0 Å². The second kappa shape index (κ2) is 6.02. The second-order valence-electron chi connectivity index (χ2n) is 6.71. The molecule has 2 aromatic carbocycles. The van der Waals surface area contributed by atoms with E-state index >= 15 is 0 Å². The number of benzene rings is 2. The van der Waals surface area contributed by atoms with Gasteiger partial charge >= 0.3 is 0 Å². The van der Waals surface area contributed by atoms with Crippen LogP contribution in [-0.4, -0.2) is 20.6 Å². The highest BCUT2D eigenvalue weighted by atomic mass is 16.3. The van der Waals surface area contributed by atoms with Gasteiger partial charge in [-0.15, -0.1) is 10.2 Å². The fourth-order valence-electron chi connectivity index (χ4n) is 3.59. The molecule has 5 rings (SSSR count). The van der Waals surface area contributed by atoms with Crippen molar-refractivity contribution in [1.29, 1.82) is 0 Å². The van der Waals surface area contributed by atoms with E-state index in [2.05, 4.69) is 45.8 Å². The average molecular weight is 356 g/mol. The fourth-order valence-corrected chi connectivity index (χ4v) is 3.59. The molecule has 0 amide bonds. The first-order valence-corrected chi connectivity index (χ1v) is 8.81. The van der Waals surface area contributed by atoms with Gasteiger partial charge in [0.25, 0.3) is 0 Å². The largest absolute Gasteiger partial charge is 0.456 e. The Kier molecular flexibility index (Phi) is 3.50. The summed E-state index contributed by atoms with van der Waals surface area (Å²) < 4.78 is 6.15. The van der Waals surface area contributed by atoms with E-state index in [0.717, 1.165) is 28.7 Å². The zero-order chi connectivity index (χ0) is 18.4. The number of aromatic amines is 1. The Bertz CT molecular complexity index is 1250. The van der Waals surface area contributed by atoms with E-state index in [0.29, 0.717) is 29.0 Å². The van der Waals surface area contributed by atoms with Gasteiger partial charge in [0.1, 0.15) is 11.3 Å². The highest BCUT2D eigenvalue weighted by Crippen LogP contribution is 2.35. The molecular weight excluding hydrogens is 340 g/mol. The molecule has 2 heterocycles. The van der Waals surface area contributed by atoms with E-state index in [4.69, 9.17) is 4.42 Å². The number of hydrogen-bond acceptors (Lipinski definition) is 5. The topological polar surface area (TPSA) is 84.7 Å². The Hall–Kier alpha value is -3.54. The zero-order valence-corrected chi connectivity index (χ0v) is 14.7. The van der Waals surface area contributed by atoms with Crippen LogP contribution in [0.2, 0.25) is 0 Å². The third-order valence-corrected chi connectivity index (χ3v) is 5.04. The van der Waals surface area contributed by atoms with Crippen molar-refractivity contribution < 1.29 is 4.42 Å². The molecule has 6 nitrogen and oxygen atoms in total. The third kappa shape index (κ3) is 2.57. The van der Waals surface area contributed by atoms with Crippen molar-refractivity contribution in [2.75, 3.05) is 0 Å². The van der Waals surface area contributed by atoms with Crippen LogP contribution in [0.1, 0.15) is 28.9 Å². The summed E-state index contributed by atoms with van der Waals surface area (Å²) in [4.78, 5) is 13.1. The molecule has 4 aromatic rings. The van der Waals surface area contributed by atoms with Gasteiger partial charge in [0, 0.05) is 11.1 Å². The van der Waals surface area contributed by atoms with Crippen LogP contribution in [0.5, 0.6) is 0 Å². The molecule has 27 heavy (non-hydrogen) atoms. The van der Waals surface area contributed by atoms with E-state index in [9.17, 15) is 4.79 Å². The van der Waals surface area contributed by atoms with Crippen molar-refractivity contribution in [3.8, 4) is 11.4 Å². The molecule has 0 spiro atoms. The van der Waals surface area contributed by atoms with Crippen LogP contribution in [-0.2, 0) is 6.42 Å². The Morgan fingerprint density at radius 2 is 2.04 bits per heavy atom. The Labute approximate surface area is 154 Å². The van der Waals surface area contributed by atoms with Crippen LogP contribution in [0.25, 0.3) is 34.0 Å². The van der Waals surface area contributed by atoms with Gasteiger partial charge < -0.3 is 4.42 Å². The molecule has 1 aliphatic carbocycles. The molecule has 0 unspecified atom stereocenters. The number of hydrogen-bond donors (Lipinski definition) is 1. The summed E-state index contributed by atoms with van der Waals surface area (Å²) in [7, 11) is 0. The fraction of sp³-hybridized carbons (Fsp3) is 0.143. The monoisotopic (exact) mass is 356 g/mol. The first-order chi connectivity index (χ1) is 13.2. The summed E-state index contributed by atoms with van der Waals surface area (Å²) in [5.41, 5.74) is 5.49. The van der Waals surface area contributed by atoms with E-state index < -0.39 is 0 Å². The summed E-state index contributed by atoms with van der Waals surface area (Å²) in [6, 6.07) is 13.6. The number of aryl methyl sites for hydroxylation is 1. The lowest BCUT2D eigenvalue weighted by Crippen LogP contribution is -2.08. The maximum absolute atomic E-state index is 13.1. The number of aromatic nitrogens is 4. The molecule has 132 valence electrons. The van der Waals surface area contributed by atoms with Gasteiger partial charge in [-0.2, -0.15) is 5.21 Å². The van der Waals surface area contributed by atoms with Crippen molar-refractivity contribution >= 4 is 22.6 Å². The number of rotatable bonds is 2. The number of tetrazole rings is 1. The van der Waals surface area contributed by atoms with Crippen molar-refractivity contribution in [2.45, 2.75) is 19.8 Å². The quantitative estimate of drug-likeness (QED) is 0.591. The SMILES string of the molecule is Cc1ccccc1C=C1CCc2c1oc1ccc(-c3nn[nH]n3)cc1c2=O. The number of allylic oxidation sites excluding steroid dienone is 1. The molecule has 0 aliphatic heterocycles. The minimum Gasteiger partial charge on any atom is -0.456 e. The van der Waals surface area contributed by atoms with E-state index in [1.807, 2.05) is 18.2 Å². The standard InChI is InChI=1S/C21H16N4O2/c1-12-4-2-3-5-13(12)10-14-6-8-16-19(26)17-11-15(21-22-24-25-23-21)7-9-18(17)27-20(14)16/h2-5,7,9-11H,6,8H2,1H3,(H,22,23,24,25). The van der Waals surface area contributed by atoms with E-state index in [1.165, 1.54) is 5.56 Å². The van der Waals surface area contributed by atoms with Crippen LogP contribution in [0, 0.1) is 6.92 Å². The molecule has 0 atom stereocenters. The van der Waals surface area contributed by atoms with Gasteiger partial charge in [-0.3, -0.25) is 4.79 Å². The van der Waals surface area contributed by atoms with E-state index in [-0.39, 0.29) is 5.43 Å². The van der Waals surface area contributed by atoms with Crippen LogP contribution in [0.3, 0.4) is 0 Å². The summed E-state index contributed by atoms with van der Waals surface area (Å²) in [6.07, 6.45) is 3.62. The van der Waals surface area contributed by atoms with Gasteiger partial charge in [0.2, 0.25) is 5.82 Å². The minimum atomic E-state index is 0.0183. The smallest absolute Gasteiger partial charge is 0.204 e. The van der Waals surface area contributed by atoms with Gasteiger partial charge in [-0.05, 0) is 66.0 Å². The molecule has 0 fully saturated rings. The van der Waals surface area contributed by atoms with Crippen LogP contribution in [0.4, 0.5) is 0 Å². The molecule has 0 saturated heterocycles. The van der Waals surface area contributed by atoms with E-state index in [1.54, 1.807) is 12.1 Å². The predicted molar refractivity (Wildman–Crippen MR) is 103 cm³/mol. The lowest BCUT2D eigenvalue weighted by atomic mass is 10.0. The van der Waals surface area contributed by atoms with Crippen LogP contribution < -0.4 is 5.43 Å². The summed E-state index contributed by atoms with van der Waals surface area (Å²) in [5.74, 6) is 1.17. The highest BCUT2D eigenvalue weighted by molar-refractivity contribution is 5.88. The molecular formula is C21H16N4O2. The summed E-state index contributed by atoms with van der Waals surface area (Å²) in [6.45, 7) is 2.08. The van der Waals surface area contributed by atoms with Crippen LogP contribution in [0.15, 0.2) is 51.7 Å². The Morgan fingerprint density at radius 1 is 1.15 bits per heavy atom. The molecule has 0 bridgehead atoms. The molecule has 6 heteroatoms. The van der Waals surface area contributed by atoms with Gasteiger partial charge in [-0.25, -0.2) is 0 Å². The number of nitrogens with zero attached hydrogens (tertiary/aromatic N) is 3. The number of fused-ring (bicyclic) bond motifs is 2. The highest BCUT2D eigenvalue weighted by Gasteiger charge is 2.24. The molecule has 1 N–H and O–H groups in total. The minimum absolute atomic E-state index is 0.0183. The lowest BCUT2D eigenvalue weighted by Gasteiger charge is -2.06. The van der Waals surface area contributed by atoms with Gasteiger partial charge in [-0.1, -0.05) is 24.3 Å². The molecule has 2 aromatic heterocycles. The average Bonchev–Trinajstić information content (AvgIpc) is 3.34. The summed E-state index contributed by atoms with van der Waals surface area (Å²) in [5, 5.41) is 14.5. The first-order valence-electron chi connectivity index (χ1n) is 8.81. The second-order valence-corrected chi connectivity index (χ2v) is 6.71. The van der Waals surface area contributed by atoms with Crippen molar-refractivity contribution in [3.05, 3.63) is 75.1 Å². The van der Waals surface area contributed by atoms with Crippen molar-refractivity contribution in [1.82, 2.24) is 20.6 Å². The van der Waals surface area contributed by atoms with Crippen LogP contribution >= 0.6 is 0 Å². The zero-order valence-electron chi connectivity index (χ0n) is 14.7. The molecule has 1 aliphatic rings. The molecule has 0 radical (unpaired) electrons. The normalized spacial score (nSPS) is 14.8. The third-order valence-electron chi connectivity index (χ3n) is 5.04. The maximum atomic E-state index is 13.1. The Morgan fingerprint density at radius 3 is 2.85 bits per heavy atom. The predicted octanol–water partition coefficient (Wildman–Crippen LogP) is 3.77. The van der Waals surface area contributed by atoms with Crippen molar-refractivity contribution in [2.24, 2.45) is 0 Å². The summed E-state index contributed by atoms with van der Waals surface area (Å²) >= 11 is 0. The molecule has 0 saturated carbocycles. The van der Waals surface area contributed by atoms with Gasteiger partial charge in [0.05, 0.1) is 5.39 Å². The Balaban J connectivity index is 1.67. The maximum Gasteiger partial charge on any atom is 0.204 e. The lowest BCUT2D eigenvalue weighted by molar-refractivity contribution is 0.585. The number of nitrogens with one attached hydrogen (secondary N) is 1.